The SMILES string of the molecule is O=C(O)CNC(=O)c1nc(Br)c(O)c2ccccc12. The Morgan fingerprint density at radius 3 is 2.53 bits per heavy atom. The molecule has 1 amide bonds. The largest absolute Gasteiger partial charge is 0.505 e. The van der Waals surface area contributed by atoms with Gasteiger partial charge in [-0.2, -0.15) is 0 Å². The van der Waals surface area contributed by atoms with Gasteiger partial charge in [-0.15, -0.1) is 0 Å². The van der Waals surface area contributed by atoms with Gasteiger partial charge in [-0.1, -0.05) is 24.3 Å². The molecule has 19 heavy (non-hydrogen) atoms. The number of carboxylic acids is 1. The van der Waals surface area contributed by atoms with Crippen molar-refractivity contribution in [2.75, 3.05) is 6.54 Å². The first-order valence-electron chi connectivity index (χ1n) is 5.28. The molecule has 0 spiro atoms. The molecule has 0 aliphatic carbocycles. The van der Waals surface area contributed by atoms with E-state index in [1.54, 1.807) is 24.3 Å². The van der Waals surface area contributed by atoms with Crippen molar-refractivity contribution in [3.8, 4) is 5.75 Å². The topological polar surface area (TPSA) is 99.5 Å². The molecule has 0 saturated carbocycles. The molecule has 0 atom stereocenters. The first-order chi connectivity index (χ1) is 9.00. The Hall–Kier alpha value is -2.15. The quantitative estimate of drug-likeness (QED) is 0.743. The third-order valence-electron chi connectivity index (χ3n) is 2.46. The van der Waals surface area contributed by atoms with E-state index >= 15 is 0 Å². The zero-order valence-corrected chi connectivity index (χ0v) is 11.1. The Kier molecular flexibility index (Phi) is 3.66. The number of pyridine rings is 1. The molecule has 2 rings (SSSR count). The number of nitrogens with one attached hydrogen (secondary N) is 1. The van der Waals surface area contributed by atoms with Crippen molar-refractivity contribution in [3.63, 3.8) is 0 Å². The molecule has 0 aliphatic rings. The lowest BCUT2D eigenvalue weighted by Gasteiger charge is -2.08. The number of aromatic nitrogens is 1. The van der Waals surface area contributed by atoms with Crippen LogP contribution < -0.4 is 5.32 Å². The van der Waals surface area contributed by atoms with Crippen LogP contribution in [0.1, 0.15) is 10.5 Å². The van der Waals surface area contributed by atoms with E-state index in [4.69, 9.17) is 5.11 Å². The third-order valence-corrected chi connectivity index (χ3v) is 3.01. The van der Waals surface area contributed by atoms with E-state index in [2.05, 4.69) is 26.2 Å². The van der Waals surface area contributed by atoms with Crippen LogP contribution in [-0.4, -0.2) is 33.6 Å². The van der Waals surface area contributed by atoms with E-state index in [9.17, 15) is 14.7 Å². The average Bonchev–Trinajstić information content (AvgIpc) is 2.40. The smallest absolute Gasteiger partial charge is 0.322 e. The molecule has 0 saturated heterocycles. The Labute approximate surface area is 116 Å². The molecule has 1 aromatic heterocycles. The van der Waals surface area contributed by atoms with Crippen LogP contribution in [0, 0.1) is 0 Å². The fourth-order valence-corrected chi connectivity index (χ4v) is 2.02. The molecule has 0 fully saturated rings. The molecule has 3 N–H and O–H groups in total. The first-order valence-corrected chi connectivity index (χ1v) is 6.07. The molecular formula is C12H9BrN2O4. The molecule has 0 bridgehead atoms. The number of carboxylic acid groups (broad SMARTS) is 1. The Balaban J connectivity index is 2.51. The second kappa shape index (κ2) is 5.23. The van der Waals surface area contributed by atoms with E-state index in [1.165, 1.54) is 0 Å². The number of nitrogens with zero attached hydrogens (tertiary/aromatic N) is 1. The predicted molar refractivity (Wildman–Crippen MR) is 71.1 cm³/mol. The normalized spacial score (nSPS) is 10.4. The van der Waals surface area contributed by atoms with Crippen molar-refractivity contribution in [2.45, 2.75) is 0 Å². The Morgan fingerprint density at radius 1 is 1.26 bits per heavy atom. The van der Waals surface area contributed by atoms with Crippen molar-refractivity contribution in [1.82, 2.24) is 10.3 Å². The molecule has 1 heterocycles. The Bertz CT molecular complexity index is 672. The highest BCUT2D eigenvalue weighted by molar-refractivity contribution is 9.10. The number of carbonyl (C=O) groups excluding carboxylic acids is 1. The van der Waals surface area contributed by atoms with E-state index < -0.39 is 18.4 Å². The second-order valence-corrected chi connectivity index (χ2v) is 4.47. The van der Waals surface area contributed by atoms with E-state index in [0.29, 0.717) is 10.8 Å². The number of aliphatic carboxylic acids is 1. The maximum Gasteiger partial charge on any atom is 0.322 e. The van der Waals surface area contributed by atoms with Gasteiger partial charge in [0.1, 0.15) is 16.8 Å². The maximum atomic E-state index is 11.9. The zero-order chi connectivity index (χ0) is 14.0. The number of benzene rings is 1. The number of amides is 1. The van der Waals surface area contributed by atoms with Gasteiger partial charge in [0, 0.05) is 10.8 Å². The number of halogens is 1. The molecule has 2 aromatic rings. The number of carbonyl (C=O) groups is 2. The third kappa shape index (κ3) is 2.65. The lowest BCUT2D eigenvalue weighted by molar-refractivity contribution is -0.135. The van der Waals surface area contributed by atoms with E-state index in [-0.39, 0.29) is 16.0 Å². The number of hydrogen-bond donors (Lipinski definition) is 3. The monoisotopic (exact) mass is 324 g/mol. The van der Waals surface area contributed by atoms with Crippen LogP contribution in [0.5, 0.6) is 5.75 Å². The highest BCUT2D eigenvalue weighted by atomic mass is 79.9. The summed E-state index contributed by atoms with van der Waals surface area (Å²) in [5.74, 6) is -1.82. The maximum absolute atomic E-state index is 11.9. The van der Waals surface area contributed by atoms with Crippen molar-refractivity contribution >= 4 is 38.6 Å². The molecule has 0 radical (unpaired) electrons. The summed E-state index contributed by atoms with van der Waals surface area (Å²) in [5.41, 5.74) is 0.0570. The van der Waals surface area contributed by atoms with Crippen molar-refractivity contribution in [1.29, 1.82) is 0 Å². The summed E-state index contributed by atoms with van der Waals surface area (Å²) < 4.78 is 0.131. The highest BCUT2D eigenvalue weighted by Gasteiger charge is 2.17. The number of hydrogen-bond acceptors (Lipinski definition) is 4. The van der Waals surface area contributed by atoms with Crippen LogP contribution in [0.4, 0.5) is 0 Å². The van der Waals surface area contributed by atoms with Crippen LogP contribution >= 0.6 is 15.9 Å². The number of fused-ring (bicyclic) bond motifs is 1. The van der Waals surface area contributed by atoms with Gasteiger partial charge in [0.15, 0.2) is 5.75 Å². The van der Waals surface area contributed by atoms with Gasteiger partial charge >= 0.3 is 5.97 Å². The summed E-state index contributed by atoms with van der Waals surface area (Å²) in [5, 5.41) is 21.5. The molecule has 0 unspecified atom stereocenters. The molecule has 98 valence electrons. The summed E-state index contributed by atoms with van der Waals surface area (Å²) in [6, 6.07) is 6.69. The summed E-state index contributed by atoms with van der Waals surface area (Å²) in [7, 11) is 0. The van der Waals surface area contributed by atoms with Crippen molar-refractivity contribution in [3.05, 3.63) is 34.6 Å². The van der Waals surface area contributed by atoms with Crippen LogP contribution in [0.3, 0.4) is 0 Å². The van der Waals surface area contributed by atoms with Gasteiger partial charge in [0.05, 0.1) is 0 Å². The molecule has 0 aliphatic heterocycles. The number of aromatic hydroxyl groups is 1. The van der Waals surface area contributed by atoms with Crippen LogP contribution in [-0.2, 0) is 4.79 Å². The van der Waals surface area contributed by atoms with Crippen LogP contribution in [0.15, 0.2) is 28.9 Å². The molecular weight excluding hydrogens is 316 g/mol. The molecule has 7 heteroatoms. The summed E-state index contributed by atoms with van der Waals surface area (Å²) in [6.45, 7) is -0.493. The molecule has 6 nitrogen and oxygen atoms in total. The highest BCUT2D eigenvalue weighted by Crippen LogP contribution is 2.32. The van der Waals surface area contributed by atoms with Gasteiger partial charge in [0.25, 0.3) is 5.91 Å². The zero-order valence-electron chi connectivity index (χ0n) is 9.55. The summed E-state index contributed by atoms with van der Waals surface area (Å²) in [6.07, 6.45) is 0. The van der Waals surface area contributed by atoms with Crippen LogP contribution in [0.2, 0.25) is 0 Å². The van der Waals surface area contributed by atoms with Gasteiger partial charge in [-0.25, -0.2) is 4.98 Å². The minimum Gasteiger partial charge on any atom is -0.505 e. The van der Waals surface area contributed by atoms with E-state index in [0.717, 1.165) is 0 Å². The predicted octanol–water partition coefficient (Wildman–Crippen LogP) is 1.52. The van der Waals surface area contributed by atoms with E-state index in [1.807, 2.05) is 0 Å². The first kappa shape index (κ1) is 13.3. The van der Waals surface area contributed by atoms with Crippen molar-refractivity contribution in [2.24, 2.45) is 0 Å². The van der Waals surface area contributed by atoms with Gasteiger partial charge < -0.3 is 15.5 Å². The standard InChI is InChI=1S/C12H9BrN2O4/c13-11-10(18)7-4-2-1-3-6(7)9(15-11)12(19)14-5-8(16)17/h1-4,18H,5H2,(H,14,19)(H,16,17). The van der Waals surface area contributed by atoms with Gasteiger partial charge in [-0.05, 0) is 15.9 Å². The second-order valence-electron chi connectivity index (χ2n) is 3.72. The molecule has 1 aromatic carbocycles. The summed E-state index contributed by atoms with van der Waals surface area (Å²) in [4.78, 5) is 26.3. The number of rotatable bonds is 3. The minimum atomic E-state index is -1.14. The lowest BCUT2D eigenvalue weighted by atomic mass is 10.1. The average molecular weight is 325 g/mol. The summed E-state index contributed by atoms with van der Waals surface area (Å²) >= 11 is 3.06. The fourth-order valence-electron chi connectivity index (χ4n) is 1.63. The Morgan fingerprint density at radius 2 is 1.89 bits per heavy atom. The van der Waals surface area contributed by atoms with Gasteiger partial charge in [0.2, 0.25) is 0 Å². The van der Waals surface area contributed by atoms with Gasteiger partial charge in [-0.3, -0.25) is 9.59 Å². The van der Waals surface area contributed by atoms with Crippen molar-refractivity contribution < 1.29 is 19.8 Å². The lowest BCUT2D eigenvalue weighted by Crippen LogP contribution is -2.30. The fraction of sp³-hybridized carbons (Fsp3) is 0.0833. The minimum absolute atomic E-state index is 0.0570. The van der Waals surface area contributed by atoms with Crippen LogP contribution in [0.25, 0.3) is 10.8 Å².